The van der Waals surface area contributed by atoms with Crippen LogP contribution in [-0.4, -0.2) is 39.9 Å². The van der Waals surface area contributed by atoms with Crippen LogP contribution in [0.3, 0.4) is 0 Å². The van der Waals surface area contributed by atoms with Crippen LogP contribution < -0.4 is 10.6 Å². The van der Waals surface area contributed by atoms with E-state index in [4.69, 9.17) is 4.52 Å². The van der Waals surface area contributed by atoms with Gasteiger partial charge in [0.2, 0.25) is 5.91 Å². The topological polar surface area (TPSA) is 100 Å². The van der Waals surface area contributed by atoms with E-state index >= 15 is 0 Å². The number of carbonyl (C=O) groups excluding carboxylic acids is 2. The number of aromatic nitrogens is 2. The molecule has 150 valence electrons. The van der Waals surface area contributed by atoms with Crippen LogP contribution in [0, 0.1) is 6.92 Å². The summed E-state index contributed by atoms with van der Waals surface area (Å²) in [4.78, 5) is 32.1. The van der Waals surface area contributed by atoms with E-state index in [0.717, 1.165) is 29.1 Å². The molecule has 2 amide bonds. The molecule has 0 fully saturated rings. The molecule has 0 unspecified atom stereocenters. The highest BCUT2D eigenvalue weighted by molar-refractivity contribution is 7.15. The number of fused-ring (bicyclic) bond motifs is 1. The van der Waals surface area contributed by atoms with Gasteiger partial charge in [0.15, 0.2) is 10.8 Å². The summed E-state index contributed by atoms with van der Waals surface area (Å²) in [6.07, 6.45) is 0.747. The largest absolute Gasteiger partial charge is 0.361 e. The van der Waals surface area contributed by atoms with Crippen molar-refractivity contribution in [3.63, 3.8) is 0 Å². The Bertz CT molecular complexity index is 1010. The number of thiazole rings is 1. The maximum absolute atomic E-state index is 12.3. The van der Waals surface area contributed by atoms with Crippen molar-refractivity contribution in [3.8, 4) is 0 Å². The number of carbonyl (C=O) groups is 2. The molecule has 0 bridgehead atoms. The summed E-state index contributed by atoms with van der Waals surface area (Å²) in [6.45, 7) is 3.99. The minimum absolute atomic E-state index is 0.00301. The molecule has 0 radical (unpaired) electrons. The van der Waals surface area contributed by atoms with E-state index in [1.165, 1.54) is 11.3 Å². The van der Waals surface area contributed by atoms with E-state index in [-0.39, 0.29) is 17.5 Å². The summed E-state index contributed by atoms with van der Waals surface area (Å²) in [7, 11) is 0. The number of nitrogens with one attached hydrogen (secondary N) is 2. The zero-order chi connectivity index (χ0) is 20.2. The van der Waals surface area contributed by atoms with Crippen LogP contribution >= 0.6 is 11.3 Å². The molecule has 1 aliphatic heterocycles. The second-order valence-electron chi connectivity index (χ2n) is 6.89. The van der Waals surface area contributed by atoms with Crippen molar-refractivity contribution < 1.29 is 14.1 Å². The minimum atomic E-state index is -0.343. The van der Waals surface area contributed by atoms with Gasteiger partial charge in [0.05, 0.1) is 12.2 Å². The summed E-state index contributed by atoms with van der Waals surface area (Å²) in [6, 6.07) is 11.4. The molecular formula is C20H21N5O3S. The highest BCUT2D eigenvalue weighted by atomic mass is 32.1. The number of hydrogen-bond acceptors (Lipinski definition) is 7. The Kier molecular flexibility index (Phi) is 5.68. The van der Waals surface area contributed by atoms with Crippen molar-refractivity contribution >= 4 is 28.3 Å². The van der Waals surface area contributed by atoms with Gasteiger partial charge in [0, 0.05) is 37.0 Å². The third-order valence-corrected chi connectivity index (χ3v) is 5.59. The number of hydrogen-bond donors (Lipinski definition) is 2. The molecule has 8 nitrogen and oxygen atoms in total. The quantitative estimate of drug-likeness (QED) is 0.646. The standard InChI is InChI=1S/C20H21N5O3S/c1-13-9-16(24-28-13)19(27)23-20-22-15-7-8-25(11-17(15)29-20)12-18(26)21-10-14-5-3-2-4-6-14/h2-6,9H,7-8,10-12H2,1H3,(H,21,26)(H,22,23,27). The fourth-order valence-corrected chi connectivity index (χ4v) is 4.17. The average molecular weight is 411 g/mol. The van der Waals surface area contributed by atoms with Crippen LogP contribution in [-0.2, 0) is 24.3 Å². The Hall–Kier alpha value is -3.04. The molecule has 0 atom stereocenters. The van der Waals surface area contributed by atoms with Gasteiger partial charge in [0.1, 0.15) is 5.76 Å². The number of benzene rings is 1. The number of anilines is 1. The fourth-order valence-electron chi connectivity index (χ4n) is 3.13. The van der Waals surface area contributed by atoms with Gasteiger partial charge in [-0.15, -0.1) is 11.3 Å². The third-order valence-electron chi connectivity index (χ3n) is 4.59. The summed E-state index contributed by atoms with van der Waals surface area (Å²) >= 11 is 1.43. The molecule has 2 N–H and O–H groups in total. The molecule has 3 aromatic rings. The van der Waals surface area contributed by atoms with Crippen molar-refractivity contribution in [2.75, 3.05) is 18.4 Å². The predicted octanol–water partition coefficient (Wildman–Crippen LogP) is 2.37. The molecular weight excluding hydrogens is 390 g/mol. The summed E-state index contributed by atoms with van der Waals surface area (Å²) in [5.74, 6) is 0.233. The van der Waals surface area contributed by atoms with E-state index in [2.05, 4.69) is 25.7 Å². The van der Waals surface area contributed by atoms with Crippen LogP contribution in [0.5, 0.6) is 0 Å². The number of rotatable bonds is 6. The lowest BCUT2D eigenvalue weighted by Crippen LogP contribution is -2.39. The second-order valence-corrected chi connectivity index (χ2v) is 7.97. The Balaban J connectivity index is 1.30. The molecule has 1 aromatic carbocycles. The first-order valence-corrected chi connectivity index (χ1v) is 10.1. The number of aryl methyl sites for hydroxylation is 1. The molecule has 1 aliphatic rings. The Morgan fingerprint density at radius 2 is 2.10 bits per heavy atom. The second kappa shape index (κ2) is 8.54. The number of amides is 2. The van der Waals surface area contributed by atoms with Crippen molar-refractivity contribution in [2.24, 2.45) is 0 Å². The lowest BCUT2D eigenvalue weighted by molar-refractivity contribution is -0.122. The smallest absolute Gasteiger partial charge is 0.279 e. The molecule has 0 saturated carbocycles. The minimum Gasteiger partial charge on any atom is -0.361 e. The molecule has 0 spiro atoms. The van der Waals surface area contributed by atoms with Gasteiger partial charge in [-0.05, 0) is 12.5 Å². The maximum atomic E-state index is 12.3. The van der Waals surface area contributed by atoms with Crippen molar-refractivity contribution in [3.05, 3.63) is 64.0 Å². The van der Waals surface area contributed by atoms with Gasteiger partial charge in [-0.25, -0.2) is 4.98 Å². The van der Waals surface area contributed by atoms with Crippen molar-refractivity contribution in [1.82, 2.24) is 20.4 Å². The first kappa shape index (κ1) is 19.3. The zero-order valence-electron chi connectivity index (χ0n) is 16.0. The van der Waals surface area contributed by atoms with Crippen LogP contribution in [0.2, 0.25) is 0 Å². The Morgan fingerprint density at radius 3 is 2.86 bits per heavy atom. The van der Waals surface area contributed by atoms with Gasteiger partial charge in [0.25, 0.3) is 5.91 Å². The van der Waals surface area contributed by atoms with Crippen LogP contribution in [0.4, 0.5) is 5.13 Å². The highest BCUT2D eigenvalue weighted by Gasteiger charge is 2.23. The summed E-state index contributed by atoms with van der Waals surface area (Å²) in [5.41, 5.74) is 2.28. The Labute approximate surface area is 171 Å². The fraction of sp³-hybridized carbons (Fsp3) is 0.300. The first-order chi connectivity index (χ1) is 14.1. The highest BCUT2D eigenvalue weighted by Crippen LogP contribution is 2.28. The van der Waals surface area contributed by atoms with Crippen LogP contribution in [0.15, 0.2) is 40.9 Å². The van der Waals surface area contributed by atoms with Crippen molar-refractivity contribution in [1.29, 1.82) is 0 Å². The first-order valence-electron chi connectivity index (χ1n) is 9.33. The van der Waals surface area contributed by atoms with Crippen LogP contribution in [0.25, 0.3) is 0 Å². The van der Waals surface area contributed by atoms with E-state index in [1.54, 1.807) is 13.0 Å². The predicted molar refractivity (Wildman–Crippen MR) is 109 cm³/mol. The number of nitrogens with zero attached hydrogens (tertiary/aromatic N) is 3. The zero-order valence-corrected chi connectivity index (χ0v) is 16.8. The van der Waals surface area contributed by atoms with Gasteiger partial charge in [-0.1, -0.05) is 35.5 Å². The normalized spacial score (nSPS) is 13.7. The Morgan fingerprint density at radius 1 is 1.28 bits per heavy atom. The monoisotopic (exact) mass is 411 g/mol. The van der Waals surface area contributed by atoms with E-state index in [0.29, 0.717) is 30.5 Å². The molecule has 29 heavy (non-hydrogen) atoms. The molecule has 9 heteroatoms. The average Bonchev–Trinajstić information content (AvgIpc) is 3.32. The lowest BCUT2D eigenvalue weighted by Gasteiger charge is -2.25. The lowest BCUT2D eigenvalue weighted by atomic mass is 10.2. The molecule has 4 rings (SSSR count). The SMILES string of the molecule is Cc1cc(C(=O)Nc2nc3c(s2)CN(CC(=O)NCc2ccccc2)CC3)no1. The van der Waals surface area contributed by atoms with E-state index in [1.807, 2.05) is 30.3 Å². The van der Waals surface area contributed by atoms with Gasteiger partial charge in [-0.3, -0.25) is 19.8 Å². The maximum Gasteiger partial charge on any atom is 0.279 e. The van der Waals surface area contributed by atoms with E-state index in [9.17, 15) is 9.59 Å². The van der Waals surface area contributed by atoms with E-state index < -0.39 is 0 Å². The van der Waals surface area contributed by atoms with Gasteiger partial charge < -0.3 is 9.84 Å². The third kappa shape index (κ3) is 4.87. The molecule has 3 heterocycles. The van der Waals surface area contributed by atoms with Gasteiger partial charge in [-0.2, -0.15) is 0 Å². The molecule has 2 aromatic heterocycles. The summed E-state index contributed by atoms with van der Waals surface area (Å²) in [5, 5.41) is 9.98. The molecule has 0 saturated heterocycles. The van der Waals surface area contributed by atoms with Crippen molar-refractivity contribution in [2.45, 2.75) is 26.4 Å². The summed E-state index contributed by atoms with van der Waals surface area (Å²) < 4.78 is 4.93. The van der Waals surface area contributed by atoms with Gasteiger partial charge >= 0.3 is 0 Å². The molecule has 0 aliphatic carbocycles. The van der Waals surface area contributed by atoms with Crippen LogP contribution in [0.1, 0.15) is 32.4 Å².